The predicted octanol–water partition coefficient (Wildman–Crippen LogP) is 4.42. The highest BCUT2D eigenvalue weighted by atomic mass is 32.1. The standard InChI is InChI=1S/C21H15F3N4O2S/c22-21(23,24)17-11-31-20-19(26-12-28(17)20)27-18(30)10-14-3-1-13(2-4-14)9-16(29)15-5-7-25-8-6-15/h1-8,11-12H,9-10H2,(H,27,30). The number of Topliss-reactive ketones (excluding diaryl/α,β-unsaturated/α-hetero) is 1. The summed E-state index contributed by atoms with van der Waals surface area (Å²) < 4.78 is 39.8. The van der Waals surface area contributed by atoms with Crippen molar-refractivity contribution < 1.29 is 22.8 Å². The molecule has 1 aromatic carbocycles. The number of carbonyl (C=O) groups excluding carboxylic acids is 2. The number of pyridine rings is 1. The summed E-state index contributed by atoms with van der Waals surface area (Å²) in [6.07, 6.45) is -0.0936. The van der Waals surface area contributed by atoms with Gasteiger partial charge in [-0.25, -0.2) is 4.98 Å². The van der Waals surface area contributed by atoms with Crippen molar-refractivity contribution in [2.75, 3.05) is 5.32 Å². The largest absolute Gasteiger partial charge is 0.432 e. The number of benzene rings is 1. The van der Waals surface area contributed by atoms with E-state index in [-0.39, 0.29) is 29.3 Å². The molecule has 0 unspecified atom stereocenters. The van der Waals surface area contributed by atoms with Crippen LogP contribution in [-0.4, -0.2) is 26.1 Å². The number of imidazole rings is 1. The van der Waals surface area contributed by atoms with E-state index in [1.807, 2.05) is 0 Å². The number of hydrogen-bond acceptors (Lipinski definition) is 5. The minimum atomic E-state index is -4.50. The van der Waals surface area contributed by atoms with Gasteiger partial charge in [0.1, 0.15) is 16.9 Å². The molecule has 3 heterocycles. The van der Waals surface area contributed by atoms with E-state index in [2.05, 4.69) is 15.3 Å². The van der Waals surface area contributed by atoms with Crippen molar-refractivity contribution in [3.8, 4) is 0 Å². The summed E-state index contributed by atoms with van der Waals surface area (Å²) in [7, 11) is 0. The molecule has 0 atom stereocenters. The van der Waals surface area contributed by atoms with Crippen LogP contribution in [0.5, 0.6) is 0 Å². The molecule has 0 fully saturated rings. The molecule has 4 rings (SSSR count). The first kappa shape index (κ1) is 20.7. The molecule has 10 heteroatoms. The Hall–Kier alpha value is -3.53. The number of hydrogen-bond donors (Lipinski definition) is 1. The van der Waals surface area contributed by atoms with Crippen molar-refractivity contribution in [3.05, 3.63) is 82.9 Å². The van der Waals surface area contributed by atoms with Crippen molar-refractivity contribution in [2.45, 2.75) is 19.0 Å². The lowest BCUT2D eigenvalue weighted by Crippen LogP contribution is -2.14. The Morgan fingerprint density at radius 1 is 1.00 bits per heavy atom. The SMILES string of the molecule is O=C(Cc1ccc(CC(=O)c2ccncc2)cc1)Nc1ncn2c(C(F)(F)F)csc12. The average Bonchev–Trinajstić information content (AvgIpc) is 3.33. The topological polar surface area (TPSA) is 76.4 Å². The number of nitrogens with one attached hydrogen (secondary N) is 1. The lowest BCUT2D eigenvalue weighted by atomic mass is 10.0. The smallest absolute Gasteiger partial charge is 0.308 e. The van der Waals surface area contributed by atoms with Crippen LogP contribution in [0.3, 0.4) is 0 Å². The highest BCUT2D eigenvalue weighted by Gasteiger charge is 2.35. The number of fused-ring (bicyclic) bond motifs is 1. The highest BCUT2D eigenvalue weighted by molar-refractivity contribution is 7.16. The minimum absolute atomic E-state index is 0.0229. The lowest BCUT2D eigenvalue weighted by Gasteiger charge is -2.05. The van der Waals surface area contributed by atoms with Crippen LogP contribution in [0.2, 0.25) is 0 Å². The first-order valence-electron chi connectivity index (χ1n) is 9.14. The van der Waals surface area contributed by atoms with Crippen LogP contribution < -0.4 is 5.32 Å². The zero-order valence-corrected chi connectivity index (χ0v) is 16.7. The molecular weight excluding hydrogens is 429 g/mol. The summed E-state index contributed by atoms with van der Waals surface area (Å²) in [4.78, 5) is 32.6. The number of anilines is 1. The van der Waals surface area contributed by atoms with Gasteiger partial charge in [0.15, 0.2) is 11.6 Å². The Kier molecular flexibility index (Phi) is 5.55. The fraction of sp³-hybridized carbons (Fsp3) is 0.143. The molecule has 4 aromatic rings. The molecular formula is C21H15F3N4O2S. The molecule has 1 N–H and O–H groups in total. The van der Waals surface area contributed by atoms with Gasteiger partial charge in [-0.1, -0.05) is 24.3 Å². The Balaban J connectivity index is 1.39. The molecule has 158 valence electrons. The molecule has 1 amide bonds. The number of nitrogens with zero attached hydrogens (tertiary/aromatic N) is 3. The van der Waals surface area contributed by atoms with E-state index >= 15 is 0 Å². The summed E-state index contributed by atoms with van der Waals surface area (Å²) in [6.45, 7) is 0. The van der Waals surface area contributed by atoms with Crippen molar-refractivity contribution in [3.63, 3.8) is 0 Å². The average molecular weight is 444 g/mol. The van der Waals surface area contributed by atoms with E-state index in [0.717, 1.165) is 33.0 Å². The van der Waals surface area contributed by atoms with E-state index in [9.17, 15) is 22.8 Å². The van der Waals surface area contributed by atoms with Crippen LogP contribution in [0.4, 0.5) is 19.0 Å². The molecule has 0 spiro atoms. The van der Waals surface area contributed by atoms with Crippen LogP contribution in [-0.2, 0) is 23.8 Å². The molecule has 0 aliphatic rings. The molecule has 0 saturated heterocycles. The number of aromatic nitrogens is 3. The molecule has 0 bridgehead atoms. The van der Waals surface area contributed by atoms with Crippen LogP contribution >= 0.6 is 11.3 Å². The van der Waals surface area contributed by atoms with Gasteiger partial charge in [0.05, 0.1) is 6.42 Å². The van der Waals surface area contributed by atoms with Crippen LogP contribution in [0.1, 0.15) is 27.2 Å². The second-order valence-electron chi connectivity index (χ2n) is 6.76. The van der Waals surface area contributed by atoms with E-state index in [4.69, 9.17) is 0 Å². The Morgan fingerprint density at radius 3 is 2.29 bits per heavy atom. The summed E-state index contributed by atoms with van der Waals surface area (Å²) in [5, 5.41) is 3.54. The molecule has 0 aliphatic heterocycles. The van der Waals surface area contributed by atoms with Crippen molar-refractivity contribution >= 4 is 33.7 Å². The summed E-state index contributed by atoms with van der Waals surface area (Å²) in [5.74, 6) is -0.348. The van der Waals surface area contributed by atoms with Crippen LogP contribution in [0, 0.1) is 0 Å². The maximum Gasteiger partial charge on any atom is 0.432 e. The summed E-state index contributed by atoms with van der Waals surface area (Å²) >= 11 is 0.858. The fourth-order valence-corrected chi connectivity index (χ4v) is 3.99. The molecule has 3 aromatic heterocycles. The van der Waals surface area contributed by atoms with Gasteiger partial charge < -0.3 is 5.32 Å². The third kappa shape index (κ3) is 4.64. The number of carbonyl (C=O) groups is 2. The lowest BCUT2D eigenvalue weighted by molar-refractivity contribution is -0.141. The first-order valence-corrected chi connectivity index (χ1v) is 10.0. The second-order valence-corrected chi connectivity index (χ2v) is 7.62. The number of ketones is 1. The number of rotatable bonds is 6. The zero-order chi connectivity index (χ0) is 22.0. The van der Waals surface area contributed by atoms with Gasteiger partial charge in [-0.2, -0.15) is 13.2 Å². The van der Waals surface area contributed by atoms with E-state index in [1.54, 1.807) is 48.8 Å². The highest BCUT2D eigenvalue weighted by Crippen LogP contribution is 2.34. The number of halogens is 3. The molecule has 31 heavy (non-hydrogen) atoms. The van der Waals surface area contributed by atoms with Crippen LogP contribution in [0.15, 0.2) is 60.5 Å². The number of amides is 1. The minimum Gasteiger partial charge on any atom is -0.308 e. The van der Waals surface area contributed by atoms with Crippen LogP contribution in [0.25, 0.3) is 4.83 Å². The van der Waals surface area contributed by atoms with Crippen molar-refractivity contribution in [2.24, 2.45) is 0 Å². The molecule has 6 nitrogen and oxygen atoms in total. The molecule has 0 saturated carbocycles. The second kappa shape index (κ2) is 8.31. The first-order chi connectivity index (χ1) is 14.8. The predicted molar refractivity (Wildman–Crippen MR) is 109 cm³/mol. The Bertz CT molecular complexity index is 1230. The van der Waals surface area contributed by atoms with E-state index in [0.29, 0.717) is 11.1 Å². The number of alkyl halides is 3. The quantitative estimate of drug-likeness (QED) is 0.447. The van der Waals surface area contributed by atoms with Gasteiger partial charge >= 0.3 is 6.18 Å². The zero-order valence-electron chi connectivity index (χ0n) is 15.9. The maximum absolute atomic E-state index is 13.0. The van der Waals surface area contributed by atoms with Gasteiger partial charge in [-0.15, -0.1) is 11.3 Å². The molecule has 0 radical (unpaired) electrons. The Morgan fingerprint density at radius 2 is 1.65 bits per heavy atom. The van der Waals surface area contributed by atoms with Gasteiger partial charge in [0.2, 0.25) is 5.91 Å². The Labute approximate surface area is 178 Å². The summed E-state index contributed by atoms with van der Waals surface area (Å²) in [5.41, 5.74) is 1.25. The number of thiazole rings is 1. The third-order valence-corrected chi connectivity index (χ3v) is 5.52. The van der Waals surface area contributed by atoms with E-state index in [1.165, 1.54) is 0 Å². The summed E-state index contributed by atoms with van der Waals surface area (Å²) in [6, 6.07) is 10.3. The monoisotopic (exact) mass is 444 g/mol. The van der Waals surface area contributed by atoms with Gasteiger partial charge in [-0.05, 0) is 23.3 Å². The van der Waals surface area contributed by atoms with Crippen molar-refractivity contribution in [1.29, 1.82) is 0 Å². The van der Waals surface area contributed by atoms with Crippen molar-refractivity contribution in [1.82, 2.24) is 14.4 Å². The van der Waals surface area contributed by atoms with Gasteiger partial charge in [0, 0.05) is 29.8 Å². The molecule has 0 aliphatic carbocycles. The maximum atomic E-state index is 13.0. The normalized spacial score (nSPS) is 11.6. The van der Waals surface area contributed by atoms with E-state index < -0.39 is 17.8 Å². The fourth-order valence-electron chi connectivity index (χ4n) is 3.04. The van der Waals surface area contributed by atoms with Gasteiger partial charge in [0.25, 0.3) is 0 Å². The van der Waals surface area contributed by atoms with Gasteiger partial charge in [-0.3, -0.25) is 19.0 Å². The third-order valence-electron chi connectivity index (χ3n) is 4.57.